The van der Waals surface area contributed by atoms with Crippen LogP contribution in [0.25, 0.3) is 10.9 Å². The summed E-state index contributed by atoms with van der Waals surface area (Å²) in [5.74, 6) is 6.02. The second kappa shape index (κ2) is 13.0. The smallest absolute Gasteiger partial charge is 0.406 e. The van der Waals surface area contributed by atoms with Crippen LogP contribution in [-0.4, -0.2) is 88.4 Å². The van der Waals surface area contributed by atoms with Gasteiger partial charge in [-0.25, -0.2) is 16.8 Å². The van der Waals surface area contributed by atoms with Crippen molar-refractivity contribution in [3.63, 3.8) is 0 Å². The first-order valence-electron chi connectivity index (χ1n) is 13.4. The van der Waals surface area contributed by atoms with Crippen LogP contribution in [0.15, 0.2) is 47.4 Å². The molecule has 0 unspecified atom stereocenters. The van der Waals surface area contributed by atoms with Gasteiger partial charge in [-0.2, -0.15) is 17.5 Å². The van der Waals surface area contributed by atoms with Crippen LogP contribution >= 0.6 is 0 Å². The van der Waals surface area contributed by atoms with Gasteiger partial charge in [0.2, 0.25) is 10.0 Å². The zero-order valence-electron chi connectivity index (χ0n) is 23.7. The van der Waals surface area contributed by atoms with E-state index in [2.05, 4.69) is 22.5 Å². The quantitative estimate of drug-likeness (QED) is 0.257. The molecule has 1 saturated heterocycles. The Bertz CT molecular complexity index is 1730. The van der Waals surface area contributed by atoms with Gasteiger partial charge in [-0.05, 0) is 49.1 Å². The second-order valence-corrected chi connectivity index (χ2v) is 14.5. The zero-order chi connectivity index (χ0) is 31.4. The number of rotatable bonds is 10. The number of hydrogen-bond donors (Lipinski definition) is 2. The molecule has 3 aromatic rings. The van der Waals surface area contributed by atoms with E-state index >= 15 is 0 Å². The van der Waals surface area contributed by atoms with Gasteiger partial charge >= 0.3 is 6.18 Å². The molecule has 2 heterocycles. The minimum atomic E-state index is -4.49. The maximum absolute atomic E-state index is 13.6. The summed E-state index contributed by atoms with van der Waals surface area (Å²) in [6.07, 6.45) is -3.66. The number of benzene rings is 2. The van der Waals surface area contributed by atoms with Crippen molar-refractivity contribution >= 4 is 42.1 Å². The Morgan fingerprint density at radius 2 is 1.86 bits per heavy atom. The molecule has 1 aromatic heterocycles. The molecule has 0 aliphatic carbocycles. The fourth-order valence-electron chi connectivity index (χ4n) is 4.83. The number of nitrogens with one attached hydrogen (secondary N) is 2. The lowest BCUT2D eigenvalue weighted by molar-refractivity contribution is -0.140. The molecular weight excluding hydrogens is 609 g/mol. The van der Waals surface area contributed by atoms with Gasteiger partial charge in [-0.15, -0.1) is 0 Å². The third-order valence-corrected chi connectivity index (χ3v) is 10.7. The highest BCUT2D eigenvalue weighted by molar-refractivity contribution is 7.91. The maximum Gasteiger partial charge on any atom is 0.406 e. The van der Waals surface area contributed by atoms with E-state index < -0.39 is 32.6 Å². The summed E-state index contributed by atoms with van der Waals surface area (Å²) >= 11 is 0. The van der Waals surface area contributed by atoms with Crippen molar-refractivity contribution in [1.29, 1.82) is 0 Å². The van der Waals surface area contributed by atoms with Gasteiger partial charge < -0.3 is 25.0 Å². The molecule has 10 nitrogen and oxygen atoms in total. The summed E-state index contributed by atoms with van der Waals surface area (Å²) in [6, 6.07) is 10.7. The first-order valence-corrected chi connectivity index (χ1v) is 16.7. The predicted octanol–water partition coefficient (Wildman–Crippen LogP) is 3.01. The number of methoxy groups -OCH3 is 1. The van der Waals surface area contributed by atoms with Crippen LogP contribution in [0.4, 0.5) is 24.5 Å². The van der Waals surface area contributed by atoms with Crippen LogP contribution in [0, 0.1) is 11.8 Å². The number of sulfone groups is 1. The summed E-state index contributed by atoms with van der Waals surface area (Å²) in [6.45, 7) is -1.26. The topological polar surface area (TPSA) is 133 Å². The van der Waals surface area contributed by atoms with E-state index in [4.69, 9.17) is 9.84 Å². The number of halogens is 3. The molecule has 43 heavy (non-hydrogen) atoms. The average Bonchev–Trinajstić information content (AvgIpc) is 3.28. The van der Waals surface area contributed by atoms with Crippen molar-refractivity contribution in [2.45, 2.75) is 36.5 Å². The van der Waals surface area contributed by atoms with Crippen LogP contribution < -0.4 is 15.4 Å². The molecule has 2 aromatic carbocycles. The van der Waals surface area contributed by atoms with E-state index in [0.29, 0.717) is 35.1 Å². The molecular formula is C28H34F3N4O6S2+. The third-order valence-electron chi connectivity index (χ3n) is 7.09. The van der Waals surface area contributed by atoms with Gasteiger partial charge in [-0.3, -0.25) is 0 Å². The van der Waals surface area contributed by atoms with Gasteiger partial charge in [0.15, 0.2) is 6.61 Å². The Morgan fingerprint density at radius 1 is 1.14 bits per heavy atom. The minimum absolute atomic E-state index is 0.00660. The highest BCUT2D eigenvalue weighted by Gasteiger charge is 2.30. The van der Waals surface area contributed by atoms with Gasteiger partial charge in [-0.1, -0.05) is 12.0 Å². The first-order chi connectivity index (χ1) is 20.2. The van der Waals surface area contributed by atoms with E-state index in [1.54, 1.807) is 24.3 Å². The van der Waals surface area contributed by atoms with Gasteiger partial charge in [0.25, 0.3) is 0 Å². The third kappa shape index (κ3) is 7.94. The summed E-state index contributed by atoms with van der Waals surface area (Å²) in [5, 5.41) is 14.1. The largest absolute Gasteiger partial charge is 0.495 e. The molecule has 4 rings (SSSR count). The summed E-state index contributed by atoms with van der Waals surface area (Å²) in [7, 11) is -4.11. The number of alkyl halides is 3. The molecule has 0 amide bonds. The lowest BCUT2D eigenvalue weighted by Crippen LogP contribution is -2.32. The number of anilines is 2. The average molecular weight is 644 g/mol. The molecule has 15 heteroatoms. The molecule has 0 atom stereocenters. The molecule has 1 aliphatic heterocycles. The van der Waals surface area contributed by atoms with E-state index in [1.165, 1.54) is 32.4 Å². The molecule has 0 spiro atoms. The van der Waals surface area contributed by atoms with Crippen molar-refractivity contribution in [3.05, 3.63) is 48.2 Å². The van der Waals surface area contributed by atoms with Gasteiger partial charge in [0.1, 0.15) is 22.1 Å². The lowest BCUT2D eigenvalue weighted by Gasteiger charge is -2.24. The number of nitrogens with zero attached hydrogens (tertiary/aromatic N) is 2. The number of aromatic nitrogens is 1. The van der Waals surface area contributed by atoms with E-state index in [0.717, 1.165) is 8.87 Å². The molecule has 1 aliphatic rings. The van der Waals surface area contributed by atoms with Crippen LogP contribution in [0.2, 0.25) is 0 Å². The molecule has 4 N–H and O–H groups in total. The van der Waals surface area contributed by atoms with Crippen LogP contribution in [0.5, 0.6) is 5.75 Å². The zero-order valence-corrected chi connectivity index (χ0v) is 25.3. The molecule has 0 bridgehead atoms. The predicted molar refractivity (Wildman–Crippen MR) is 160 cm³/mol. The monoisotopic (exact) mass is 643 g/mol. The Kier molecular flexibility index (Phi) is 9.85. The minimum Gasteiger partial charge on any atom is -0.495 e. The first kappa shape index (κ1) is 32.5. The SMILES string of the molecule is COc1cc(S(=O)(=O)N(C)CC[OH2+])ccc1NCC#Cc1cc2c(NC3CCS(=O)(=O)CC3)cccc2n1CC(F)(F)F. The van der Waals surface area contributed by atoms with Gasteiger partial charge in [0, 0.05) is 30.2 Å². The number of sulfonamides is 1. The van der Waals surface area contributed by atoms with Crippen LogP contribution in [0.1, 0.15) is 18.5 Å². The number of fused-ring (bicyclic) bond motifs is 1. The Morgan fingerprint density at radius 3 is 2.51 bits per heavy atom. The Hall–Kier alpha value is -3.45. The van der Waals surface area contributed by atoms with Crippen LogP contribution in [-0.2, 0) is 26.4 Å². The standard InChI is InChI=1S/C28H33F3N4O6S2/c1-34(13-14-36)43(39,40)22-8-9-25(27(18-22)41-2)32-12-4-5-21-17-23-24(33-20-10-15-42(37,38)16-11-20)6-3-7-26(23)35(21)19-28(29,30)31/h3,6-9,17-18,20,32-33,36H,10-16,19H2,1-2H3/p+1. The molecule has 0 radical (unpaired) electrons. The highest BCUT2D eigenvalue weighted by Crippen LogP contribution is 2.32. The second-order valence-electron chi connectivity index (χ2n) is 10.1. The van der Waals surface area contributed by atoms with Crippen molar-refractivity contribution in [2.24, 2.45) is 0 Å². The maximum atomic E-state index is 13.6. The molecule has 234 valence electrons. The summed E-state index contributed by atoms with van der Waals surface area (Å²) in [4.78, 5) is -0.00660. The van der Waals surface area contributed by atoms with Gasteiger partial charge in [0.05, 0.1) is 53.5 Å². The van der Waals surface area contributed by atoms with Crippen molar-refractivity contribution in [2.75, 3.05) is 56.0 Å². The normalized spacial score (nSPS) is 15.7. The summed E-state index contributed by atoms with van der Waals surface area (Å²) < 4.78 is 97.2. The number of hydrogen-bond acceptors (Lipinski definition) is 7. The summed E-state index contributed by atoms with van der Waals surface area (Å²) in [5.41, 5.74) is 1.55. The lowest BCUT2D eigenvalue weighted by atomic mass is 10.1. The number of likely N-dealkylation sites (N-methyl/N-ethyl adjacent to an activating group) is 1. The van der Waals surface area contributed by atoms with Crippen molar-refractivity contribution < 1.29 is 39.9 Å². The van der Waals surface area contributed by atoms with E-state index in [1.807, 2.05) is 0 Å². The fourth-order valence-corrected chi connectivity index (χ4v) is 7.51. The van der Waals surface area contributed by atoms with E-state index in [9.17, 15) is 30.0 Å². The van der Waals surface area contributed by atoms with Crippen LogP contribution in [0.3, 0.4) is 0 Å². The highest BCUT2D eigenvalue weighted by atomic mass is 32.2. The fraction of sp³-hybridized carbons (Fsp3) is 0.429. The molecule has 0 saturated carbocycles. The Balaban J connectivity index is 1.57. The number of ether oxygens (including phenoxy) is 1. The molecule has 1 fully saturated rings. The van der Waals surface area contributed by atoms with Crippen molar-refractivity contribution in [1.82, 2.24) is 8.87 Å². The van der Waals surface area contributed by atoms with E-state index in [-0.39, 0.29) is 53.6 Å². The Labute approximate surface area is 248 Å². The van der Waals surface area contributed by atoms with Crippen molar-refractivity contribution in [3.8, 4) is 17.6 Å².